The topological polar surface area (TPSA) is 131 Å². The zero-order valence-corrected chi connectivity index (χ0v) is 17.1. The third-order valence-corrected chi connectivity index (χ3v) is 6.58. The van der Waals surface area contributed by atoms with Crippen molar-refractivity contribution in [3.05, 3.63) is 78.8 Å². The van der Waals surface area contributed by atoms with Crippen molar-refractivity contribution < 1.29 is 16.8 Å². The Balaban J connectivity index is 1.74. The second-order valence-electron chi connectivity index (χ2n) is 5.80. The lowest BCUT2D eigenvalue weighted by molar-refractivity contribution is 0.603. The molecule has 3 rings (SSSR count). The van der Waals surface area contributed by atoms with Crippen molar-refractivity contribution in [2.75, 3.05) is 10.6 Å². The minimum atomic E-state index is -3.51. The van der Waals surface area contributed by atoms with Gasteiger partial charge in [0.05, 0.1) is 9.79 Å². The molecule has 30 heavy (non-hydrogen) atoms. The van der Waals surface area contributed by atoms with E-state index in [0.717, 1.165) is 10.8 Å². The number of anilines is 4. The highest BCUT2D eigenvalue weighted by Gasteiger charge is 2.11. The van der Waals surface area contributed by atoms with Gasteiger partial charge in [-0.3, -0.25) is 0 Å². The van der Waals surface area contributed by atoms with Crippen LogP contribution in [0.25, 0.3) is 0 Å². The molecule has 3 aromatic rings. The van der Waals surface area contributed by atoms with E-state index < -0.39 is 19.7 Å². The van der Waals surface area contributed by atoms with Gasteiger partial charge in [0.25, 0.3) is 0 Å². The molecule has 0 aliphatic rings. The Kier molecular flexibility index (Phi) is 5.94. The molecule has 0 amide bonds. The average Bonchev–Trinajstić information content (AvgIpc) is 2.75. The first-order valence-electron chi connectivity index (χ1n) is 8.35. The lowest BCUT2D eigenvalue weighted by atomic mass is 10.3. The molecule has 1 radical (unpaired) electrons. The number of rotatable bonds is 8. The van der Waals surface area contributed by atoms with E-state index >= 15 is 0 Å². The molecule has 153 valence electrons. The van der Waals surface area contributed by atoms with Gasteiger partial charge in [-0.25, -0.2) is 16.8 Å². The van der Waals surface area contributed by atoms with Gasteiger partial charge in [-0.05, 0) is 48.5 Å². The highest BCUT2D eigenvalue weighted by Crippen LogP contribution is 2.20. The molecular formula is C19H16N5O4S2. The second kappa shape index (κ2) is 8.43. The molecule has 1 aromatic heterocycles. The summed E-state index contributed by atoms with van der Waals surface area (Å²) in [7, 11) is -7.02. The third-order valence-electron chi connectivity index (χ3n) is 3.84. The molecule has 0 bridgehead atoms. The van der Waals surface area contributed by atoms with Crippen LogP contribution in [0, 0.1) is 6.33 Å². The van der Waals surface area contributed by atoms with Crippen LogP contribution in [0.4, 0.5) is 23.3 Å². The van der Waals surface area contributed by atoms with E-state index in [1.165, 1.54) is 24.3 Å². The Labute approximate surface area is 174 Å². The SMILES string of the molecule is C=CS(=O)(=O)c1ccc(Nc2n[c]nc(Nc3ccc(S(=O)(=O)C=C)cc3)n2)cc1. The molecule has 2 N–H and O–H groups in total. The van der Waals surface area contributed by atoms with Crippen molar-refractivity contribution in [3.8, 4) is 0 Å². The second-order valence-corrected chi connectivity index (χ2v) is 9.59. The van der Waals surface area contributed by atoms with Crippen LogP contribution in [0.1, 0.15) is 0 Å². The van der Waals surface area contributed by atoms with E-state index in [-0.39, 0.29) is 21.7 Å². The van der Waals surface area contributed by atoms with Crippen LogP contribution in [-0.4, -0.2) is 31.8 Å². The summed E-state index contributed by atoms with van der Waals surface area (Å²) in [5.74, 6) is 0.357. The van der Waals surface area contributed by atoms with Crippen molar-refractivity contribution in [1.82, 2.24) is 15.0 Å². The Morgan fingerprint density at radius 2 is 1.07 bits per heavy atom. The molecule has 11 heteroatoms. The number of sulfone groups is 2. The molecule has 0 saturated heterocycles. The number of hydrogen-bond donors (Lipinski definition) is 2. The molecule has 0 aliphatic heterocycles. The fraction of sp³-hybridized carbons (Fsp3) is 0. The highest BCUT2D eigenvalue weighted by molar-refractivity contribution is 7.94. The van der Waals surface area contributed by atoms with Crippen LogP contribution in [0.5, 0.6) is 0 Å². The summed E-state index contributed by atoms with van der Waals surface area (Å²) in [5, 5.41) is 7.60. The van der Waals surface area contributed by atoms with Crippen LogP contribution in [0.3, 0.4) is 0 Å². The standard InChI is InChI=1S/C19H16N5O4S2/c1-3-29(25,26)16-9-5-14(6-10-16)22-18-20-13-21-19(24-18)23-15-7-11-17(12-8-15)30(27,28)4-2/h3-12H,1-2H2,(H2,20,21,22,23,24). The summed E-state index contributed by atoms with van der Waals surface area (Å²) in [6, 6.07) is 12.0. The Bertz CT molecular complexity index is 1190. The van der Waals surface area contributed by atoms with Crippen molar-refractivity contribution in [1.29, 1.82) is 0 Å². The first-order valence-corrected chi connectivity index (χ1v) is 11.4. The minimum Gasteiger partial charge on any atom is -0.324 e. The molecule has 0 fully saturated rings. The van der Waals surface area contributed by atoms with Crippen molar-refractivity contribution in [2.24, 2.45) is 0 Å². The van der Waals surface area contributed by atoms with Gasteiger partial charge < -0.3 is 10.6 Å². The van der Waals surface area contributed by atoms with Crippen LogP contribution in [-0.2, 0) is 19.7 Å². The number of nitrogens with zero attached hydrogens (tertiary/aromatic N) is 3. The summed E-state index contributed by atoms with van der Waals surface area (Å²) >= 11 is 0. The highest BCUT2D eigenvalue weighted by atomic mass is 32.2. The largest absolute Gasteiger partial charge is 0.324 e. The lowest BCUT2D eigenvalue weighted by Gasteiger charge is -2.08. The maximum Gasteiger partial charge on any atom is 0.232 e. The lowest BCUT2D eigenvalue weighted by Crippen LogP contribution is -2.03. The predicted octanol–water partition coefficient (Wildman–Crippen LogP) is 2.99. The monoisotopic (exact) mass is 442 g/mol. The van der Waals surface area contributed by atoms with Crippen LogP contribution in [0.2, 0.25) is 0 Å². The fourth-order valence-corrected chi connectivity index (χ4v) is 3.70. The van der Waals surface area contributed by atoms with E-state index in [9.17, 15) is 16.8 Å². The van der Waals surface area contributed by atoms with Gasteiger partial charge in [-0.2, -0.15) is 15.0 Å². The van der Waals surface area contributed by atoms with Crippen molar-refractivity contribution in [2.45, 2.75) is 9.79 Å². The minimum absolute atomic E-state index is 0.120. The van der Waals surface area contributed by atoms with Crippen molar-refractivity contribution in [3.63, 3.8) is 0 Å². The zero-order valence-electron chi connectivity index (χ0n) is 15.5. The zero-order chi connectivity index (χ0) is 21.8. The van der Waals surface area contributed by atoms with Gasteiger partial charge in [0.2, 0.25) is 18.2 Å². The Morgan fingerprint density at radius 3 is 1.40 bits per heavy atom. The van der Waals surface area contributed by atoms with Gasteiger partial charge >= 0.3 is 0 Å². The van der Waals surface area contributed by atoms with E-state index in [4.69, 9.17) is 0 Å². The van der Waals surface area contributed by atoms with Crippen LogP contribution in [0.15, 0.2) is 82.3 Å². The smallest absolute Gasteiger partial charge is 0.232 e. The number of nitrogens with one attached hydrogen (secondary N) is 2. The molecule has 2 aromatic carbocycles. The van der Waals surface area contributed by atoms with Gasteiger partial charge in [0.15, 0.2) is 19.7 Å². The van der Waals surface area contributed by atoms with Gasteiger partial charge in [0, 0.05) is 22.2 Å². The van der Waals surface area contributed by atoms with Crippen molar-refractivity contribution >= 4 is 42.9 Å². The van der Waals surface area contributed by atoms with E-state index in [1.807, 2.05) is 0 Å². The Morgan fingerprint density at radius 1 is 0.700 bits per heavy atom. The van der Waals surface area contributed by atoms with E-state index in [2.05, 4.69) is 45.1 Å². The van der Waals surface area contributed by atoms with Gasteiger partial charge in [-0.15, -0.1) is 0 Å². The predicted molar refractivity (Wildman–Crippen MR) is 113 cm³/mol. The van der Waals surface area contributed by atoms with Gasteiger partial charge in [0.1, 0.15) is 0 Å². The van der Waals surface area contributed by atoms with Crippen LogP contribution < -0.4 is 10.6 Å². The van der Waals surface area contributed by atoms with Gasteiger partial charge in [-0.1, -0.05) is 13.2 Å². The van der Waals surface area contributed by atoms with E-state index in [0.29, 0.717) is 11.4 Å². The molecule has 0 spiro atoms. The normalized spacial score (nSPS) is 11.5. The third kappa shape index (κ3) is 4.88. The summed E-state index contributed by atoms with van der Waals surface area (Å²) < 4.78 is 47.0. The number of benzene rings is 2. The number of hydrogen-bond acceptors (Lipinski definition) is 9. The Hall–Kier alpha value is -3.57. The fourth-order valence-electron chi connectivity index (χ4n) is 2.29. The first-order chi connectivity index (χ1) is 14.2. The number of aromatic nitrogens is 3. The average molecular weight is 443 g/mol. The molecular weight excluding hydrogens is 426 g/mol. The summed E-state index contributed by atoms with van der Waals surface area (Å²) in [4.78, 5) is 12.2. The summed E-state index contributed by atoms with van der Waals surface area (Å²) in [6.45, 7) is 6.58. The van der Waals surface area contributed by atoms with E-state index in [1.54, 1.807) is 24.3 Å². The molecule has 1 heterocycles. The van der Waals surface area contributed by atoms with Crippen LogP contribution >= 0.6 is 0 Å². The summed E-state index contributed by atoms with van der Waals surface area (Å²) in [6.07, 6.45) is 2.45. The maximum atomic E-state index is 11.8. The quantitative estimate of drug-likeness (QED) is 0.540. The summed E-state index contributed by atoms with van der Waals surface area (Å²) in [5.41, 5.74) is 1.12. The molecule has 0 atom stereocenters. The molecule has 0 unspecified atom stereocenters. The molecule has 9 nitrogen and oxygen atoms in total. The first kappa shape index (κ1) is 21.1. The molecule has 0 saturated carbocycles. The maximum absolute atomic E-state index is 11.8. The molecule has 0 aliphatic carbocycles.